The SMILES string of the molecule is COC(=O)C(C)(C)CNCC(F)(F)F. The third-order valence-electron chi connectivity index (χ3n) is 1.63. The number of hydrogen-bond acceptors (Lipinski definition) is 3. The Morgan fingerprint density at radius 3 is 2.14 bits per heavy atom. The van der Waals surface area contributed by atoms with Crippen molar-refractivity contribution in [2.45, 2.75) is 20.0 Å². The van der Waals surface area contributed by atoms with E-state index in [1.165, 1.54) is 21.0 Å². The van der Waals surface area contributed by atoms with Gasteiger partial charge in [-0.1, -0.05) is 0 Å². The van der Waals surface area contributed by atoms with E-state index in [9.17, 15) is 18.0 Å². The van der Waals surface area contributed by atoms with E-state index >= 15 is 0 Å². The van der Waals surface area contributed by atoms with E-state index in [0.717, 1.165) is 0 Å². The molecule has 0 saturated carbocycles. The van der Waals surface area contributed by atoms with E-state index in [1.54, 1.807) is 0 Å². The quantitative estimate of drug-likeness (QED) is 0.716. The predicted octanol–water partition coefficient (Wildman–Crippen LogP) is 1.34. The Morgan fingerprint density at radius 2 is 1.79 bits per heavy atom. The normalized spacial score (nSPS) is 12.7. The van der Waals surface area contributed by atoms with Crippen molar-refractivity contribution < 1.29 is 22.7 Å². The van der Waals surface area contributed by atoms with Crippen LogP contribution in [0.25, 0.3) is 0 Å². The third kappa shape index (κ3) is 5.06. The number of ether oxygens (including phenoxy) is 1. The van der Waals surface area contributed by atoms with Crippen LogP contribution in [0.5, 0.6) is 0 Å². The van der Waals surface area contributed by atoms with Gasteiger partial charge in [-0.25, -0.2) is 0 Å². The first-order valence-electron chi connectivity index (χ1n) is 4.05. The summed E-state index contributed by atoms with van der Waals surface area (Å²) in [6.07, 6.45) is -4.26. The molecule has 0 unspecified atom stereocenters. The van der Waals surface area contributed by atoms with Gasteiger partial charge < -0.3 is 10.1 Å². The van der Waals surface area contributed by atoms with Crippen LogP contribution >= 0.6 is 0 Å². The van der Waals surface area contributed by atoms with Gasteiger partial charge in [0.25, 0.3) is 0 Å². The molecule has 14 heavy (non-hydrogen) atoms. The van der Waals surface area contributed by atoms with E-state index in [4.69, 9.17) is 0 Å². The number of alkyl halides is 3. The fourth-order valence-corrected chi connectivity index (χ4v) is 0.865. The van der Waals surface area contributed by atoms with Gasteiger partial charge in [-0.3, -0.25) is 4.79 Å². The van der Waals surface area contributed by atoms with E-state index in [1.807, 2.05) is 0 Å². The minimum Gasteiger partial charge on any atom is -0.469 e. The first-order valence-corrected chi connectivity index (χ1v) is 4.05. The Hall–Kier alpha value is -0.780. The summed E-state index contributed by atoms with van der Waals surface area (Å²) in [6, 6.07) is 0. The molecule has 0 spiro atoms. The first kappa shape index (κ1) is 13.2. The largest absolute Gasteiger partial charge is 0.469 e. The topological polar surface area (TPSA) is 38.3 Å². The van der Waals surface area contributed by atoms with Gasteiger partial charge in [0.15, 0.2) is 0 Å². The highest BCUT2D eigenvalue weighted by Crippen LogP contribution is 2.17. The van der Waals surface area contributed by atoms with Crippen LogP contribution < -0.4 is 5.32 Å². The van der Waals surface area contributed by atoms with Gasteiger partial charge in [0.2, 0.25) is 0 Å². The number of methoxy groups -OCH3 is 1. The summed E-state index contributed by atoms with van der Waals surface area (Å²) < 4.78 is 39.6. The summed E-state index contributed by atoms with van der Waals surface area (Å²) in [5.74, 6) is -0.535. The average Bonchev–Trinajstić information content (AvgIpc) is 2.00. The van der Waals surface area contributed by atoms with Crippen LogP contribution in [0, 0.1) is 5.41 Å². The van der Waals surface area contributed by atoms with Gasteiger partial charge in [-0.05, 0) is 13.8 Å². The second kappa shape index (κ2) is 4.63. The molecule has 0 amide bonds. The molecular formula is C8H14F3NO2. The second-order valence-electron chi connectivity index (χ2n) is 3.59. The summed E-state index contributed by atoms with van der Waals surface area (Å²) in [5, 5.41) is 2.16. The molecule has 0 aliphatic carbocycles. The molecule has 1 N–H and O–H groups in total. The fourth-order valence-electron chi connectivity index (χ4n) is 0.865. The van der Waals surface area contributed by atoms with E-state index in [0.29, 0.717) is 0 Å². The highest BCUT2D eigenvalue weighted by Gasteiger charge is 2.31. The summed E-state index contributed by atoms with van der Waals surface area (Å²) in [6.45, 7) is 1.86. The molecule has 3 nitrogen and oxygen atoms in total. The number of nitrogens with one attached hydrogen (secondary N) is 1. The summed E-state index contributed by atoms with van der Waals surface area (Å²) in [7, 11) is 1.20. The third-order valence-corrected chi connectivity index (χ3v) is 1.63. The van der Waals surface area contributed by atoms with Crippen LogP contribution in [-0.2, 0) is 9.53 Å². The minimum atomic E-state index is -4.26. The number of rotatable bonds is 4. The summed E-state index contributed by atoms with van der Waals surface area (Å²) >= 11 is 0. The molecule has 0 aromatic carbocycles. The van der Waals surface area contributed by atoms with Crippen molar-refractivity contribution in [3.63, 3.8) is 0 Å². The maximum Gasteiger partial charge on any atom is 0.401 e. The van der Waals surface area contributed by atoms with Crippen molar-refractivity contribution >= 4 is 5.97 Å². The lowest BCUT2D eigenvalue weighted by atomic mass is 9.94. The lowest BCUT2D eigenvalue weighted by molar-refractivity contribution is -0.152. The molecule has 0 saturated heterocycles. The zero-order valence-electron chi connectivity index (χ0n) is 8.36. The van der Waals surface area contributed by atoms with Crippen LogP contribution in [0.2, 0.25) is 0 Å². The van der Waals surface area contributed by atoms with Crippen molar-refractivity contribution in [1.82, 2.24) is 5.32 Å². The van der Waals surface area contributed by atoms with Gasteiger partial charge in [-0.2, -0.15) is 13.2 Å². The van der Waals surface area contributed by atoms with Crippen LogP contribution in [0.1, 0.15) is 13.8 Å². The summed E-state index contributed by atoms with van der Waals surface area (Å²) in [5.41, 5.74) is -0.944. The lowest BCUT2D eigenvalue weighted by Gasteiger charge is -2.22. The molecule has 0 rings (SSSR count). The maximum atomic E-state index is 11.7. The van der Waals surface area contributed by atoms with Gasteiger partial charge >= 0.3 is 12.1 Å². The van der Waals surface area contributed by atoms with Gasteiger partial charge in [-0.15, -0.1) is 0 Å². The van der Waals surface area contributed by atoms with Crippen molar-refractivity contribution in [1.29, 1.82) is 0 Å². The maximum absolute atomic E-state index is 11.7. The standard InChI is InChI=1S/C8H14F3NO2/c1-7(2,6(13)14-3)4-12-5-8(9,10)11/h12H,4-5H2,1-3H3. The van der Waals surface area contributed by atoms with Crippen LogP contribution in [0.15, 0.2) is 0 Å². The molecule has 0 fully saturated rings. The van der Waals surface area contributed by atoms with E-state index in [-0.39, 0.29) is 6.54 Å². The Morgan fingerprint density at radius 1 is 1.29 bits per heavy atom. The molecule has 0 aromatic heterocycles. The number of esters is 1. The highest BCUT2D eigenvalue weighted by molar-refractivity contribution is 5.76. The Labute approximate surface area is 80.6 Å². The second-order valence-corrected chi connectivity index (χ2v) is 3.59. The molecule has 0 heterocycles. The Bertz CT molecular complexity index is 201. The number of hydrogen-bond donors (Lipinski definition) is 1. The molecule has 0 aliphatic rings. The average molecular weight is 213 g/mol. The molecule has 0 radical (unpaired) electrons. The summed E-state index contributed by atoms with van der Waals surface area (Å²) in [4.78, 5) is 11.0. The predicted molar refractivity (Wildman–Crippen MR) is 44.7 cm³/mol. The molecule has 0 bridgehead atoms. The van der Waals surface area contributed by atoms with Crippen molar-refractivity contribution in [2.24, 2.45) is 5.41 Å². The van der Waals surface area contributed by atoms with Gasteiger partial charge in [0.1, 0.15) is 0 Å². The first-order chi connectivity index (χ1) is 6.19. The molecule has 0 aliphatic heterocycles. The van der Waals surface area contributed by atoms with E-state index in [2.05, 4.69) is 10.1 Å². The smallest absolute Gasteiger partial charge is 0.401 e. The van der Waals surface area contributed by atoms with Crippen molar-refractivity contribution in [3.8, 4) is 0 Å². The van der Waals surface area contributed by atoms with Crippen molar-refractivity contribution in [3.05, 3.63) is 0 Å². The lowest BCUT2D eigenvalue weighted by Crippen LogP contribution is -2.40. The Kier molecular flexibility index (Phi) is 4.38. The van der Waals surface area contributed by atoms with Crippen molar-refractivity contribution in [2.75, 3.05) is 20.2 Å². The minimum absolute atomic E-state index is 0.0703. The fraction of sp³-hybridized carbons (Fsp3) is 0.875. The van der Waals surface area contributed by atoms with Crippen LogP contribution in [0.3, 0.4) is 0 Å². The van der Waals surface area contributed by atoms with Crippen LogP contribution in [0.4, 0.5) is 13.2 Å². The zero-order chi connectivity index (χ0) is 11.4. The molecule has 0 aromatic rings. The number of halogens is 3. The number of carbonyl (C=O) groups is 1. The van der Waals surface area contributed by atoms with E-state index < -0.39 is 24.1 Å². The molecule has 84 valence electrons. The monoisotopic (exact) mass is 213 g/mol. The van der Waals surface area contributed by atoms with Crippen LogP contribution in [-0.4, -0.2) is 32.3 Å². The van der Waals surface area contributed by atoms with Gasteiger partial charge in [0.05, 0.1) is 19.1 Å². The Balaban J connectivity index is 3.94. The van der Waals surface area contributed by atoms with Gasteiger partial charge in [0, 0.05) is 6.54 Å². The molecule has 0 atom stereocenters. The molecule has 6 heteroatoms. The molecular weight excluding hydrogens is 199 g/mol. The zero-order valence-corrected chi connectivity index (χ0v) is 8.36. The highest BCUT2D eigenvalue weighted by atomic mass is 19.4. The number of carbonyl (C=O) groups excluding carboxylic acids is 1.